The maximum Gasteiger partial charge on any atom is 0.416 e. The fraction of sp³-hybridized carbons (Fsp3) is 0.462. The molecule has 0 aromatic heterocycles. The minimum atomic E-state index is -4.43. The summed E-state index contributed by atoms with van der Waals surface area (Å²) < 4.78 is 42.8. The lowest BCUT2D eigenvalue weighted by molar-refractivity contribution is -0.137. The van der Waals surface area contributed by atoms with E-state index < -0.39 is 17.8 Å². The van der Waals surface area contributed by atoms with E-state index in [9.17, 15) is 18.0 Å². The molecule has 0 unspecified atom stereocenters. The summed E-state index contributed by atoms with van der Waals surface area (Å²) in [4.78, 5) is 12.9. The maximum atomic E-state index is 12.6. The summed E-state index contributed by atoms with van der Waals surface area (Å²) in [5, 5.41) is 0. The van der Waals surface area contributed by atoms with E-state index in [4.69, 9.17) is 4.74 Å². The quantitative estimate of drug-likeness (QED) is 0.832. The molecule has 1 aromatic carbocycles. The van der Waals surface area contributed by atoms with Gasteiger partial charge in [0.1, 0.15) is 0 Å². The van der Waals surface area contributed by atoms with Crippen LogP contribution in [0.3, 0.4) is 0 Å². The monoisotopic (exact) mass is 275 g/mol. The topological polar surface area (TPSA) is 29.5 Å². The van der Waals surface area contributed by atoms with Crippen LogP contribution in [0.2, 0.25) is 0 Å². The number of amides is 1. The third-order valence-electron chi connectivity index (χ3n) is 2.36. The SMILES string of the molecule is CCN(C(=O)OC(C)C)c1cccc(C(F)(F)F)c1. The van der Waals surface area contributed by atoms with E-state index in [0.29, 0.717) is 0 Å². The second kappa shape index (κ2) is 5.95. The zero-order valence-electron chi connectivity index (χ0n) is 11.0. The van der Waals surface area contributed by atoms with Crippen LogP contribution in [0.5, 0.6) is 0 Å². The van der Waals surface area contributed by atoms with Gasteiger partial charge in [0.25, 0.3) is 0 Å². The van der Waals surface area contributed by atoms with Gasteiger partial charge in [-0.1, -0.05) is 6.07 Å². The lowest BCUT2D eigenvalue weighted by atomic mass is 10.2. The summed E-state index contributed by atoms with van der Waals surface area (Å²) in [6.07, 6.45) is -5.42. The van der Waals surface area contributed by atoms with Crippen LogP contribution in [0.4, 0.5) is 23.7 Å². The second-order valence-corrected chi connectivity index (χ2v) is 4.22. The van der Waals surface area contributed by atoms with Crippen molar-refractivity contribution in [3.05, 3.63) is 29.8 Å². The number of halogens is 3. The fourth-order valence-corrected chi connectivity index (χ4v) is 1.53. The van der Waals surface area contributed by atoms with Crippen LogP contribution in [-0.2, 0) is 10.9 Å². The van der Waals surface area contributed by atoms with Crippen molar-refractivity contribution < 1.29 is 22.7 Å². The Morgan fingerprint density at radius 2 is 2.00 bits per heavy atom. The number of hydrogen-bond donors (Lipinski definition) is 0. The molecule has 0 aliphatic carbocycles. The van der Waals surface area contributed by atoms with Crippen molar-refractivity contribution in [2.45, 2.75) is 33.1 Å². The van der Waals surface area contributed by atoms with Gasteiger partial charge in [-0.15, -0.1) is 0 Å². The molecule has 106 valence electrons. The Bertz CT molecular complexity index is 444. The van der Waals surface area contributed by atoms with E-state index in [1.807, 2.05) is 0 Å². The number of hydrogen-bond acceptors (Lipinski definition) is 2. The van der Waals surface area contributed by atoms with Crippen LogP contribution in [0.1, 0.15) is 26.3 Å². The Kier molecular flexibility index (Phi) is 4.80. The minimum absolute atomic E-state index is 0.169. The molecule has 1 amide bonds. The summed E-state index contributed by atoms with van der Waals surface area (Å²) >= 11 is 0. The van der Waals surface area contributed by atoms with Gasteiger partial charge in [0.05, 0.1) is 11.7 Å². The van der Waals surface area contributed by atoms with Gasteiger partial charge in [0, 0.05) is 12.2 Å². The predicted molar refractivity (Wildman–Crippen MR) is 66.1 cm³/mol. The first-order chi connectivity index (χ1) is 8.75. The van der Waals surface area contributed by atoms with E-state index >= 15 is 0 Å². The molecule has 6 heteroatoms. The van der Waals surface area contributed by atoms with E-state index in [0.717, 1.165) is 17.0 Å². The highest BCUT2D eigenvalue weighted by Gasteiger charge is 2.31. The molecule has 0 spiro atoms. The molecule has 0 saturated carbocycles. The molecular weight excluding hydrogens is 259 g/mol. The van der Waals surface area contributed by atoms with Gasteiger partial charge >= 0.3 is 12.3 Å². The van der Waals surface area contributed by atoms with Crippen LogP contribution >= 0.6 is 0 Å². The van der Waals surface area contributed by atoms with Gasteiger partial charge in [-0.25, -0.2) is 4.79 Å². The summed E-state index contributed by atoms with van der Waals surface area (Å²) in [6, 6.07) is 4.61. The lowest BCUT2D eigenvalue weighted by Gasteiger charge is -2.22. The summed E-state index contributed by atoms with van der Waals surface area (Å²) in [6.45, 7) is 5.25. The normalized spacial score (nSPS) is 11.5. The van der Waals surface area contributed by atoms with Gasteiger partial charge < -0.3 is 4.74 Å². The number of rotatable bonds is 3. The predicted octanol–water partition coefficient (Wildman–Crippen LogP) is 4.08. The van der Waals surface area contributed by atoms with Crippen LogP contribution in [0, 0.1) is 0 Å². The van der Waals surface area contributed by atoms with Gasteiger partial charge in [0.2, 0.25) is 0 Å². The van der Waals surface area contributed by atoms with Gasteiger partial charge in [-0.3, -0.25) is 4.90 Å². The van der Waals surface area contributed by atoms with Crippen molar-refractivity contribution in [2.24, 2.45) is 0 Å². The highest BCUT2D eigenvalue weighted by atomic mass is 19.4. The first-order valence-corrected chi connectivity index (χ1v) is 5.91. The molecule has 3 nitrogen and oxygen atoms in total. The first kappa shape index (κ1) is 15.3. The molecule has 0 radical (unpaired) electrons. The van der Waals surface area contributed by atoms with E-state index in [1.165, 1.54) is 12.1 Å². The molecule has 0 bridgehead atoms. The standard InChI is InChI=1S/C13H16F3NO2/c1-4-17(12(18)19-9(2)3)11-7-5-6-10(8-11)13(14,15)16/h5-9H,4H2,1-3H3. The molecule has 0 aliphatic heterocycles. The number of carbonyl (C=O) groups excluding carboxylic acids is 1. The largest absolute Gasteiger partial charge is 0.446 e. The molecule has 19 heavy (non-hydrogen) atoms. The van der Waals surface area contributed by atoms with Crippen molar-refractivity contribution in [1.82, 2.24) is 0 Å². The smallest absolute Gasteiger partial charge is 0.416 e. The van der Waals surface area contributed by atoms with Crippen molar-refractivity contribution in [2.75, 3.05) is 11.4 Å². The van der Waals surface area contributed by atoms with Crippen LogP contribution < -0.4 is 4.90 Å². The number of nitrogens with zero attached hydrogens (tertiary/aromatic N) is 1. The molecule has 0 N–H and O–H groups in total. The number of anilines is 1. The molecular formula is C13H16F3NO2. The average Bonchev–Trinajstić information content (AvgIpc) is 2.28. The molecule has 1 rings (SSSR count). The highest BCUT2D eigenvalue weighted by molar-refractivity contribution is 5.87. The summed E-state index contributed by atoms with van der Waals surface area (Å²) in [5.41, 5.74) is -0.622. The molecule has 0 atom stereocenters. The second-order valence-electron chi connectivity index (χ2n) is 4.22. The number of alkyl halides is 3. The van der Waals surface area contributed by atoms with Gasteiger partial charge in [-0.05, 0) is 39.0 Å². The molecule has 0 saturated heterocycles. The lowest BCUT2D eigenvalue weighted by Crippen LogP contribution is -2.33. The Balaban J connectivity index is 3.02. The summed E-state index contributed by atoms with van der Waals surface area (Å²) in [5.74, 6) is 0. The third-order valence-corrected chi connectivity index (χ3v) is 2.36. The van der Waals surface area contributed by atoms with Crippen molar-refractivity contribution in [3.63, 3.8) is 0 Å². The fourth-order valence-electron chi connectivity index (χ4n) is 1.53. The van der Waals surface area contributed by atoms with E-state index in [1.54, 1.807) is 20.8 Å². The Morgan fingerprint density at radius 1 is 1.37 bits per heavy atom. The zero-order valence-corrected chi connectivity index (χ0v) is 11.0. The third kappa shape index (κ3) is 4.15. The molecule has 0 heterocycles. The number of ether oxygens (including phenoxy) is 1. The zero-order chi connectivity index (χ0) is 14.6. The number of carbonyl (C=O) groups is 1. The average molecular weight is 275 g/mol. The summed E-state index contributed by atoms with van der Waals surface area (Å²) in [7, 11) is 0. The van der Waals surface area contributed by atoms with Crippen molar-refractivity contribution >= 4 is 11.8 Å². The van der Waals surface area contributed by atoms with E-state index in [-0.39, 0.29) is 18.3 Å². The van der Waals surface area contributed by atoms with Crippen molar-refractivity contribution in [1.29, 1.82) is 0 Å². The highest BCUT2D eigenvalue weighted by Crippen LogP contribution is 2.31. The van der Waals surface area contributed by atoms with E-state index in [2.05, 4.69) is 0 Å². The Labute approximate surface area is 110 Å². The Hall–Kier alpha value is -1.72. The van der Waals surface area contributed by atoms with Crippen LogP contribution in [0.15, 0.2) is 24.3 Å². The molecule has 0 aliphatic rings. The van der Waals surface area contributed by atoms with Crippen LogP contribution in [0.25, 0.3) is 0 Å². The first-order valence-electron chi connectivity index (χ1n) is 5.91. The maximum absolute atomic E-state index is 12.6. The van der Waals surface area contributed by atoms with Crippen molar-refractivity contribution in [3.8, 4) is 0 Å². The molecule has 1 aromatic rings. The van der Waals surface area contributed by atoms with Crippen LogP contribution in [-0.4, -0.2) is 18.7 Å². The van der Waals surface area contributed by atoms with Gasteiger partial charge in [0.15, 0.2) is 0 Å². The Morgan fingerprint density at radius 3 is 2.47 bits per heavy atom. The van der Waals surface area contributed by atoms with Gasteiger partial charge in [-0.2, -0.15) is 13.2 Å². The minimum Gasteiger partial charge on any atom is -0.446 e. The molecule has 0 fully saturated rings. The number of benzene rings is 1.